The lowest BCUT2D eigenvalue weighted by molar-refractivity contribution is -0.299. The van der Waals surface area contributed by atoms with Gasteiger partial charge in [-0.1, -0.05) is 6.08 Å². The Labute approximate surface area is 42.5 Å². The summed E-state index contributed by atoms with van der Waals surface area (Å²) >= 11 is 0. The molecule has 0 aliphatic rings. The third kappa shape index (κ3) is 1.98. The van der Waals surface area contributed by atoms with Crippen molar-refractivity contribution in [2.24, 2.45) is 0 Å². The van der Waals surface area contributed by atoms with Crippen molar-refractivity contribution in [2.45, 2.75) is 13.8 Å². The topological polar surface area (TPSA) is 40.1 Å². The Morgan fingerprint density at radius 1 is 1.71 bits per heavy atom. The first-order valence-corrected chi connectivity index (χ1v) is 2.02. The monoisotopic (exact) mass is 99.0 g/mol. The van der Waals surface area contributed by atoms with Crippen LogP contribution in [0.2, 0.25) is 0 Å². The minimum Gasteiger partial charge on any atom is -0.545 e. The quantitative estimate of drug-likeness (QED) is 0.423. The summed E-state index contributed by atoms with van der Waals surface area (Å²) in [6.45, 7) is 3.15. The molecule has 0 aliphatic heterocycles. The Hall–Kier alpha value is -0.790. The first-order valence-electron chi connectivity index (χ1n) is 2.02. The largest absolute Gasteiger partial charge is 0.545 e. The van der Waals surface area contributed by atoms with Crippen LogP contribution >= 0.6 is 0 Å². The summed E-state index contributed by atoms with van der Waals surface area (Å²) in [5, 5.41) is 9.75. The van der Waals surface area contributed by atoms with Crippen molar-refractivity contribution >= 4 is 5.97 Å². The van der Waals surface area contributed by atoms with Crippen LogP contribution in [0.4, 0.5) is 0 Å². The fraction of sp³-hybridized carbons (Fsp3) is 0.400. The predicted molar refractivity (Wildman–Crippen MR) is 24.4 cm³/mol. The molecule has 2 nitrogen and oxygen atoms in total. The van der Waals surface area contributed by atoms with Crippen LogP contribution in [0.25, 0.3) is 0 Å². The summed E-state index contributed by atoms with van der Waals surface area (Å²) in [4.78, 5) is 9.75. The van der Waals surface area contributed by atoms with Crippen molar-refractivity contribution in [3.8, 4) is 0 Å². The second-order valence-corrected chi connectivity index (χ2v) is 1.26. The van der Waals surface area contributed by atoms with Crippen molar-refractivity contribution in [1.29, 1.82) is 0 Å². The Kier molecular flexibility index (Phi) is 2.12. The summed E-state index contributed by atoms with van der Waals surface area (Å²) in [5.41, 5.74) is 0.278. The highest BCUT2D eigenvalue weighted by molar-refractivity contribution is 5.83. The summed E-state index contributed by atoms with van der Waals surface area (Å²) in [5.74, 6) is -1.09. The van der Waals surface area contributed by atoms with Crippen LogP contribution in [-0.4, -0.2) is 5.97 Å². The van der Waals surface area contributed by atoms with Gasteiger partial charge in [-0.05, 0) is 19.4 Å². The molecule has 0 unspecified atom stereocenters. The van der Waals surface area contributed by atoms with Gasteiger partial charge in [0.15, 0.2) is 0 Å². The molecule has 40 valence electrons. The molecule has 0 atom stereocenters. The van der Waals surface area contributed by atoms with Gasteiger partial charge in [0, 0.05) is 0 Å². The number of hydrogen-bond acceptors (Lipinski definition) is 2. The lowest BCUT2D eigenvalue weighted by Crippen LogP contribution is -2.22. The van der Waals surface area contributed by atoms with Gasteiger partial charge in [-0.15, -0.1) is 0 Å². The van der Waals surface area contributed by atoms with E-state index in [9.17, 15) is 9.90 Å². The smallest absolute Gasteiger partial charge is 0.0668 e. The fourth-order valence-electron chi connectivity index (χ4n) is 0.118. The molecule has 0 N–H and O–H groups in total. The number of rotatable bonds is 1. The number of carbonyl (C=O) groups excluding carboxylic acids is 1. The van der Waals surface area contributed by atoms with E-state index in [-0.39, 0.29) is 5.57 Å². The lowest BCUT2D eigenvalue weighted by atomic mass is 10.3. The van der Waals surface area contributed by atoms with E-state index in [0.29, 0.717) is 0 Å². The van der Waals surface area contributed by atoms with Crippen molar-refractivity contribution in [3.63, 3.8) is 0 Å². The predicted octanol–water partition coefficient (Wildman–Crippen LogP) is -0.298. The molecular weight excluding hydrogens is 92.1 g/mol. The van der Waals surface area contributed by atoms with Gasteiger partial charge in [-0.25, -0.2) is 0 Å². The maximum atomic E-state index is 9.75. The normalized spacial score (nSPS) is 11.4. The highest BCUT2D eigenvalue weighted by Crippen LogP contribution is 1.85. The van der Waals surface area contributed by atoms with E-state index >= 15 is 0 Å². The van der Waals surface area contributed by atoms with Crippen LogP contribution in [0.15, 0.2) is 11.6 Å². The first-order chi connectivity index (χ1) is 3.18. The minimum atomic E-state index is -1.09. The summed E-state index contributed by atoms with van der Waals surface area (Å²) in [6, 6.07) is 0. The maximum absolute atomic E-state index is 9.75. The molecule has 0 rings (SSSR count). The summed E-state index contributed by atoms with van der Waals surface area (Å²) in [6.07, 6.45) is 1.50. The van der Waals surface area contributed by atoms with Crippen LogP contribution in [0.5, 0.6) is 0 Å². The molecular formula is C5H7O2-. The van der Waals surface area contributed by atoms with Crippen LogP contribution in [0.3, 0.4) is 0 Å². The molecule has 7 heavy (non-hydrogen) atoms. The van der Waals surface area contributed by atoms with Crippen molar-refractivity contribution in [3.05, 3.63) is 11.6 Å². The molecule has 0 fully saturated rings. The van der Waals surface area contributed by atoms with E-state index in [1.54, 1.807) is 6.92 Å². The van der Waals surface area contributed by atoms with Crippen LogP contribution in [-0.2, 0) is 4.79 Å². The molecule has 0 aliphatic carbocycles. The molecule has 0 aromatic heterocycles. The number of carboxylic acid groups (broad SMARTS) is 1. The standard InChI is InChI=1S/C5H8O2/c1-3-4(2)5(6)7/h3H,1-2H3,(H,6,7)/p-1. The first kappa shape index (κ1) is 6.21. The van der Waals surface area contributed by atoms with E-state index in [1.807, 2.05) is 0 Å². The second-order valence-electron chi connectivity index (χ2n) is 1.26. The highest BCUT2D eigenvalue weighted by atomic mass is 16.4. The Morgan fingerprint density at radius 2 is 2.14 bits per heavy atom. The number of carboxylic acids is 1. The molecule has 0 amide bonds. The van der Waals surface area contributed by atoms with Crippen LogP contribution in [0, 0.1) is 0 Å². The molecule has 0 heterocycles. The molecule has 0 spiro atoms. The lowest BCUT2D eigenvalue weighted by Gasteiger charge is -1.96. The van der Waals surface area contributed by atoms with Gasteiger partial charge >= 0.3 is 0 Å². The van der Waals surface area contributed by atoms with Gasteiger partial charge in [0.25, 0.3) is 0 Å². The van der Waals surface area contributed by atoms with E-state index in [1.165, 1.54) is 13.0 Å². The molecule has 0 saturated carbocycles. The zero-order valence-electron chi connectivity index (χ0n) is 4.39. The summed E-state index contributed by atoms with van der Waals surface area (Å²) in [7, 11) is 0. The number of hydrogen-bond donors (Lipinski definition) is 0. The van der Waals surface area contributed by atoms with Crippen molar-refractivity contribution in [2.75, 3.05) is 0 Å². The van der Waals surface area contributed by atoms with Crippen molar-refractivity contribution in [1.82, 2.24) is 0 Å². The molecule has 2 heteroatoms. The van der Waals surface area contributed by atoms with E-state index in [2.05, 4.69) is 0 Å². The highest BCUT2D eigenvalue weighted by Gasteiger charge is 1.80. The number of allylic oxidation sites excluding steroid dienone is 1. The van der Waals surface area contributed by atoms with Crippen LogP contribution in [0.1, 0.15) is 13.8 Å². The van der Waals surface area contributed by atoms with Crippen LogP contribution < -0.4 is 5.11 Å². The molecule has 0 bridgehead atoms. The van der Waals surface area contributed by atoms with E-state index < -0.39 is 5.97 Å². The number of aliphatic carboxylic acids is 1. The Bertz CT molecular complexity index is 103. The van der Waals surface area contributed by atoms with Gasteiger partial charge in [0.2, 0.25) is 0 Å². The Balaban J connectivity index is 3.82. The third-order valence-corrected chi connectivity index (χ3v) is 0.755. The van der Waals surface area contributed by atoms with Gasteiger partial charge < -0.3 is 9.90 Å². The Morgan fingerprint density at radius 3 is 2.14 bits per heavy atom. The maximum Gasteiger partial charge on any atom is 0.0668 e. The van der Waals surface area contributed by atoms with E-state index in [0.717, 1.165) is 0 Å². The average Bonchev–Trinajstić information content (AvgIpc) is 1.65. The average molecular weight is 99.1 g/mol. The van der Waals surface area contributed by atoms with Gasteiger partial charge in [0.1, 0.15) is 0 Å². The van der Waals surface area contributed by atoms with Gasteiger partial charge in [-0.3, -0.25) is 0 Å². The zero-order valence-corrected chi connectivity index (χ0v) is 4.39. The SMILES string of the molecule is CC=C(C)C(=O)[O-]. The third-order valence-electron chi connectivity index (χ3n) is 0.755. The zero-order chi connectivity index (χ0) is 5.86. The van der Waals surface area contributed by atoms with E-state index in [4.69, 9.17) is 0 Å². The van der Waals surface area contributed by atoms with Crippen molar-refractivity contribution < 1.29 is 9.90 Å². The van der Waals surface area contributed by atoms with Gasteiger partial charge in [-0.2, -0.15) is 0 Å². The second kappa shape index (κ2) is 2.39. The fourth-order valence-corrected chi connectivity index (χ4v) is 0.118. The molecule has 0 saturated heterocycles. The molecule has 0 aromatic carbocycles. The summed E-state index contributed by atoms with van der Waals surface area (Å²) < 4.78 is 0. The minimum absolute atomic E-state index is 0.278. The van der Waals surface area contributed by atoms with Gasteiger partial charge in [0.05, 0.1) is 5.97 Å². The molecule has 0 aromatic rings. The molecule has 0 radical (unpaired) electrons. The number of carbonyl (C=O) groups is 1.